The van der Waals surface area contributed by atoms with Crippen LogP contribution in [0.2, 0.25) is 0 Å². The first kappa shape index (κ1) is 24.5. The van der Waals surface area contributed by atoms with Crippen LogP contribution in [0.25, 0.3) is 0 Å². The second-order valence-electron chi connectivity index (χ2n) is 9.30. The molecule has 1 N–H and O–H groups in total. The number of nitrogens with zero attached hydrogens (tertiary/aromatic N) is 2. The van der Waals surface area contributed by atoms with Gasteiger partial charge >= 0.3 is 6.09 Å². The molecule has 1 aromatic carbocycles. The van der Waals surface area contributed by atoms with Gasteiger partial charge in [0.15, 0.2) is 0 Å². The van der Waals surface area contributed by atoms with Gasteiger partial charge in [-0.3, -0.25) is 9.59 Å². The highest BCUT2D eigenvalue weighted by Gasteiger charge is 2.28. The number of hydrogen-bond donors (Lipinski definition) is 1. The van der Waals surface area contributed by atoms with Gasteiger partial charge in [-0.15, -0.1) is 0 Å². The molecular formula is C24H32FN3O5. The molecule has 2 aliphatic rings. The molecular weight excluding hydrogens is 429 g/mol. The van der Waals surface area contributed by atoms with Crippen LogP contribution in [0.1, 0.15) is 49.5 Å². The van der Waals surface area contributed by atoms with Gasteiger partial charge in [-0.1, -0.05) is 0 Å². The minimum Gasteiger partial charge on any atom is -0.489 e. The lowest BCUT2D eigenvalue weighted by Gasteiger charge is -2.29. The molecule has 0 aromatic heterocycles. The van der Waals surface area contributed by atoms with Crippen LogP contribution in [0.3, 0.4) is 0 Å². The summed E-state index contributed by atoms with van der Waals surface area (Å²) >= 11 is 0. The number of benzene rings is 1. The summed E-state index contributed by atoms with van der Waals surface area (Å²) in [6.45, 7) is 7.22. The van der Waals surface area contributed by atoms with Gasteiger partial charge in [0, 0.05) is 37.3 Å². The third-order valence-electron chi connectivity index (χ3n) is 5.47. The number of alkyl carbamates (subject to hydrolysis) is 1. The summed E-state index contributed by atoms with van der Waals surface area (Å²) in [5.41, 5.74) is 0.981. The maximum absolute atomic E-state index is 13.2. The first-order chi connectivity index (χ1) is 15.7. The van der Waals surface area contributed by atoms with Crippen LogP contribution in [0.15, 0.2) is 30.1 Å². The highest BCUT2D eigenvalue weighted by Crippen LogP contribution is 2.24. The predicted molar refractivity (Wildman–Crippen MR) is 121 cm³/mol. The van der Waals surface area contributed by atoms with Crippen molar-refractivity contribution in [2.24, 2.45) is 0 Å². The fraction of sp³-hybridized carbons (Fsp3) is 0.542. The quantitative estimate of drug-likeness (QED) is 0.674. The van der Waals surface area contributed by atoms with Crippen LogP contribution < -0.4 is 10.1 Å². The number of likely N-dealkylation sites (tertiary alicyclic amines) is 1. The molecule has 1 saturated heterocycles. The zero-order valence-electron chi connectivity index (χ0n) is 19.5. The molecule has 0 saturated carbocycles. The van der Waals surface area contributed by atoms with Crippen molar-refractivity contribution in [1.29, 1.82) is 0 Å². The Hall–Kier alpha value is -3.10. The molecule has 3 rings (SSSR count). The predicted octanol–water partition coefficient (Wildman–Crippen LogP) is 3.06. The topological polar surface area (TPSA) is 88.2 Å². The molecule has 1 aromatic rings. The summed E-state index contributed by atoms with van der Waals surface area (Å²) in [4.78, 5) is 40.4. The molecule has 0 bridgehead atoms. The average Bonchev–Trinajstić information content (AvgIpc) is 3.30. The highest BCUT2D eigenvalue weighted by atomic mass is 19.1. The number of nitrogens with one attached hydrogen (secondary N) is 1. The summed E-state index contributed by atoms with van der Waals surface area (Å²) < 4.78 is 24.0. The number of amides is 3. The zero-order valence-corrected chi connectivity index (χ0v) is 19.5. The zero-order chi connectivity index (χ0) is 24.0. The monoisotopic (exact) mass is 461 g/mol. The number of fused-ring (bicyclic) bond motifs is 1. The second-order valence-corrected chi connectivity index (χ2v) is 9.30. The van der Waals surface area contributed by atoms with Crippen molar-refractivity contribution < 1.29 is 28.2 Å². The van der Waals surface area contributed by atoms with E-state index in [1.54, 1.807) is 43.9 Å². The van der Waals surface area contributed by atoms with Gasteiger partial charge < -0.3 is 24.6 Å². The van der Waals surface area contributed by atoms with E-state index in [-0.39, 0.29) is 37.1 Å². The van der Waals surface area contributed by atoms with Crippen molar-refractivity contribution in [3.05, 3.63) is 41.2 Å². The van der Waals surface area contributed by atoms with Crippen LogP contribution in [0.4, 0.5) is 9.18 Å². The molecule has 0 spiro atoms. The van der Waals surface area contributed by atoms with Crippen molar-refractivity contribution in [2.45, 2.75) is 45.6 Å². The van der Waals surface area contributed by atoms with Crippen molar-refractivity contribution in [2.75, 3.05) is 39.3 Å². The van der Waals surface area contributed by atoms with Gasteiger partial charge in [-0.2, -0.15) is 0 Å². The molecule has 0 atom stereocenters. The van der Waals surface area contributed by atoms with E-state index in [4.69, 9.17) is 9.47 Å². The first-order valence-electron chi connectivity index (χ1n) is 11.2. The fourth-order valence-electron chi connectivity index (χ4n) is 3.78. The maximum Gasteiger partial charge on any atom is 0.407 e. The Morgan fingerprint density at radius 2 is 1.91 bits per heavy atom. The Morgan fingerprint density at radius 1 is 1.18 bits per heavy atom. The Bertz CT molecular complexity index is 919. The number of ether oxygens (including phenoxy) is 2. The van der Waals surface area contributed by atoms with Gasteiger partial charge in [-0.25, -0.2) is 9.18 Å². The first-order valence-corrected chi connectivity index (χ1v) is 11.2. The van der Waals surface area contributed by atoms with E-state index in [9.17, 15) is 18.8 Å². The molecule has 8 nitrogen and oxygen atoms in total. The van der Waals surface area contributed by atoms with Crippen LogP contribution in [-0.2, 0) is 16.0 Å². The normalized spacial score (nSPS) is 16.5. The van der Waals surface area contributed by atoms with Crippen LogP contribution in [0.5, 0.6) is 5.75 Å². The number of halogens is 1. The second kappa shape index (κ2) is 10.7. The van der Waals surface area contributed by atoms with Gasteiger partial charge in [-0.05, 0) is 63.8 Å². The molecule has 0 aliphatic carbocycles. The Labute approximate surface area is 193 Å². The Kier molecular flexibility index (Phi) is 7.94. The van der Waals surface area contributed by atoms with E-state index >= 15 is 0 Å². The fourth-order valence-corrected chi connectivity index (χ4v) is 3.78. The SMILES string of the molecule is CC(C)(C)OC(=O)NC/C(=C\F)COc1ccc2c(c1)CCN(CC(=O)N1CCCC1)C2=O. The van der Waals surface area contributed by atoms with Crippen LogP contribution >= 0.6 is 0 Å². The number of rotatable bonds is 7. The molecule has 0 radical (unpaired) electrons. The summed E-state index contributed by atoms with van der Waals surface area (Å²) in [6.07, 6.45) is 2.40. The summed E-state index contributed by atoms with van der Waals surface area (Å²) in [7, 11) is 0. The summed E-state index contributed by atoms with van der Waals surface area (Å²) in [5, 5.41) is 2.49. The lowest BCUT2D eigenvalue weighted by Crippen LogP contribution is -2.45. The molecule has 1 fully saturated rings. The van der Waals surface area contributed by atoms with E-state index in [1.165, 1.54) is 0 Å². The smallest absolute Gasteiger partial charge is 0.407 e. The third-order valence-corrected chi connectivity index (χ3v) is 5.47. The van der Waals surface area contributed by atoms with Crippen LogP contribution in [0, 0.1) is 0 Å². The lowest BCUT2D eigenvalue weighted by molar-refractivity contribution is -0.130. The van der Waals surface area contributed by atoms with Gasteiger partial charge in [0.2, 0.25) is 5.91 Å². The molecule has 0 unspecified atom stereocenters. The van der Waals surface area contributed by atoms with Gasteiger partial charge in [0.05, 0.1) is 6.33 Å². The third kappa shape index (κ3) is 6.94. The number of hydrogen-bond acceptors (Lipinski definition) is 5. The van der Waals surface area contributed by atoms with Crippen LogP contribution in [-0.4, -0.2) is 72.6 Å². The van der Waals surface area contributed by atoms with Crippen molar-refractivity contribution >= 4 is 17.9 Å². The minimum atomic E-state index is -0.641. The minimum absolute atomic E-state index is 0.00483. The average molecular weight is 462 g/mol. The molecule has 3 amide bonds. The van der Waals surface area contributed by atoms with Gasteiger partial charge in [0.25, 0.3) is 5.91 Å². The summed E-state index contributed by atoms with van der Waals surface area (Å²) in [6, 6.07) is 5.10. The van der Waals surface area contributed by atoms with E-state index < -0.39 is 11.7 Å². The maximum atomic E-state index is 13.2. The Morgan fingerprint density at radius 3 is 2.58 bits per heavy atom. The molecule has 9 heteroatoms. The van der Waals surface area contributed by atoms with Gasteiger partial charge in [0.1, 0.15) is 24.5 Å². The standard InChI is InChI=1S/C24H32FN3O5/c1-24(2,3)33-23(31)26-14-17(13-25)16-32-19-6-7-20-18(12-19)8-11-28(22(20)30)15-21(29)27-9-4-5-10-27/h6-7,12-13H,4-5,8-11,14-16H2,1-3H3,(H,26,31)/b17-13+. The molecule has 2 heterocycles. The molecule has 33 heavy (non-hydrogen) atoms. The highest BCUT2D eigenvalue weighted by molar-refractivity contribution is 5.99. The largest absolute Gasteiger partial charge is 0.489 e. The van der Waals surface area contributed by atoms with E-state index in [1.807, 2.05) is 4.90 Å². The van der Waals surface area contributed by atoms with Crippen molar-refractivity contribution in [3.63, 3.8) is 0 Å². The molecule has 2 aliphatic heterocycles. The Balaban J connectivity index is 1.52. The molecule has 180 valence electrons. The number of carbonyl (C=O) groups is 3. The van der Waals surface area contributed by atoms with Crippen molar-refractivity contribution in [1.82, 2.24) is 15.1 Å². The van der Waals surface area contributed by atoms with E-state index in [0.717, 1.165) is 31.5 Å². The summed E-state index contributed by atoms with van der Waals surface area (Å²) in [5.74, 6) is 0.329. The van der Waals surface area contributed by atoms with E-state index in [0.29, 0.717) is 30.6 Å². The lowest BCUT2D eigenvalue weighted by atomic mass is 9.98. The van der Waals surface area contributed by atoms with Crippen molar-refractivity contribution in [3.8, 4) is 5.75 Å². The number of carbonyl (C=O) groups excluding carboxylic acids is 3. The van der Waals surface area contributed by atoms with E-state index in [2.05, 4.69) is 5.32 Å².